The van der Waals surface area contributed by atoms with Gasteiger partial charge in [-0.1, -0.05) is 13.3 Å². The first-order chi connectivity index (χ1) is 4.62. The molecule has 0 N–H and O–H groups in total. The van der Waals surface area contributed by atoms with E-state index in [-0.39, 0.29) is 17.0 Å². The molecule has 1 nitrogen and oxygen atoms in total. The minimum Gasteiger partial charge on any atom is -1.00 e. The number of hydrogen-bond acceptors (Lipinski definition) is 0. The van der Waals surface area contributed by atoms with Gasteiger partial charge in [-0.05, 0) is 12.3 Å². The highest BCUT2D eigenvalue weighted by molar-refractivity contribution is 4.82. The molecule has 0 fully saturated rings. The molecule has 0 saturated carbocycles. The van der Waals surface area contributed by atoms with Gasteiger partial charge < -0.3 is 21.5 Å². The SMILES string of the molecule is C#CC[N+](C)(C)CCCC.[Br-]. The van der Waals surface area contributed by atoms with Gasteiger partial charge in [0.05, 0.1) is 20.6 Å². The van der Waals surface area contributed by atoms with Gasteiger partial charge in [0.2, 0.25) is 0 Å². The van der Waals surface area contributed by atoms with Crippen LogP contribution in [-0.4, -0.2) is 31.7 Å². The van der Waals surface area contributed by atoms with Crippen molar-refractivity contribution in [2.45, 2.75) is 19.8 Å². The summed E-state index contributed by atoms with van der Waals surface area (Å²) in [7, 11) is 4.35. The molecule has 66 valence electrons. The summed E-state index contributed by atoms with van der Waals surface area (Å²) in [5.41, 5.74) is 0. The van der Waals surface area contributed by atoms with E-state index in [1.54, 1.807) is 0 Å². The smallest absolute Gasteiger partial charge is 0.140 e. The second-order valence-electron chi connectivity index (χ2n) is 3.38. The monoisotopic (exact) mass is 219 g/mol. The Morgan fingerprint density at radius 3 is 2.27 bits per heavy atom. The molecular formula is C9H18BrN. The lowest BCUT2D eigenvalue weighted by atomic mass is 10.3. The van der Waals surface area contributed by atoms with Crippen LogP contribution in [0, 0.1) is 12.3 Å². The van der Waals surface area contributed by atoms with Gasteiger partial charge in [0.25, 0.3) is 0 Å². The van der Waals surface area contributed by atoms with E-state index in [0.717, 1.165) is 11.0 Å². The Balaban J connectivity index is 0. The van der Waals surface area contributed by atoms with E-state index in [2.05, 4.69) is 26.9 Å². The van der Waals surface area contributed by atoms with Gasteiger partial charge in [-0.2, -0.15) is 0 Å². The molecule has 0 unspecified atom stereocenters. The van der Waals surface area contributed by atoms with Crippen molar-refractivity contribution in [2.75, 3.05) is 27.2 Å². The van der Waals surface area contributed by atoms with Crippen molar-refractivity contribution in [1.82, 2.24) is 0 Å². The van der Waals surface area contributed by atoms with Crippen LogP contribution in [0.15, 0.2) is 0 Å². The van der Waals surface area contributed by atoms with E-state index in [1.165, 1.54) is 19.4 Å². The van der Waals surface area contributed by atoms with Gasteiger partial charge in [0, 0.05) is 0 Å². The average molecular weight is 220 g/mol. The van der Waals surface area contributed by atoms with Gasteiger partial charge in [-0.3, -0.25) is 0 Å². The standard InChI is InChI=1S/C9H18N.BrH/c1-5-7-9-10(3,4)8-6-2;/h2H,5,7-9H2,1,3-4H3;1H/q+1;/p-1. The third kappa shape index (κ3) is 7.90. The quantitative estimate of drug-likeness (QED) is 0.399. The maximum atomic E-state index is 5.22. The molecule has 0 heterocycles. The Kier molecular flexibility index (Phi) is 8.26. The van der Waals surface area contributed by atoms with Crippen LogP contribution in [0.1, 0.15) is 19.8 Å². The molecule has 0 aliphatic rings. The maximum Gasteiger partial charge on any atom is 0.140 e. The Morgan fingerprint density at radius 1 is 1.36 bits per heavy atom. The topological polar surface area (TPSA) is 0 Å². The largest absolute Gasteiger partial charge is 1.00 e. The number of nitrogens with zero attached hydrogens (tertiary/aromatic N) is 1. The van der Waals surface area contributed by atoms with Crippen molar-refractivity contribution in [1.29, 1.82) is 0 Å². The third-order valence-electron chi connectivity index (χ3n) is 1.64. The number of rotatable bonds is 4. The minimum atomic E-state index is 0. The molecule has 0 aliphatic carbocycles. The molecular weight excluding hydrogens is 202 g/mol. The lowest BCUT2D eigenvalue weighted by Gasteiger charge is -2.26. The van der Waals surface area contributed by atoms with Crippen LogP contribution in [0.25, 0.3) is 0 Å². The molecule has 0 radical (unpaired) electrons. The Bertz CT molecular complexity index is 124. The number of terminal acetylenes is 1. The molecule has 0 aromatic rings. The Hall–Kier alpha value is 0. The lowest BCUT2D eigenvalue weighted by Crippen LogP contribution is -3.00. The predicted octanol–water partition coefficient (Wildman–Crippen LogP) is -1.50. The van der Waals surface area contributed by atoms with Crippen molar-refractivity contribution >= 4 is 0 Å². The molecule has 0 bridgehead atoms. The van der Waals surface area contributed by atoms with Gasteiger partial charge in [0.15, 0.2) is 0 Å². The molecule has 0 rings (SSSR count). The molecule has 0 amide bonds. The van der Waals surface area contributed by atoms with E-state index in [0.29, 0.717) is 0 Å². The zero-order valence-electron chi connectivity index (χ0n) is 7.73. The Morgan fingerprint density at radius 2 is 1.91 bits per heavy atom. The first-order valence-corrected chi connectivity index (χ1v) is 3.88. The van der Waals surface area contributed by atoms with Gasteiger partial charge in [-0.15, -0.1) is 6.42 Å². The highest BCUT2D eigenvalue weighted by Crippen LogP contribution is 1.99. The van der Waals surface area contributed by atoms with Crippen molar-refractivity contribution in [2.24, 2.45) is 0 Å². The second-order valence-corrected chi connectivity index (χ2v) is 3.38. The van der Waals surface area contributed by atoms with Gasteiger partial charge >= 0.3 is 0 Å². The summed E-state index contributed by atoms with van der Waals surface area (Å²) in [5.74, 6) is 2.69. The van der Waals surface area contributed by atoms with E-state index < -0.39 is 0 Å². The number of quaternary nitrogens is 1. The minimum absolute atomic E-state index is 0. The summed E-state index contributed by atoms with van der Waals surface area (Å²) in [6.07, 6.45) is 7.75. The van der Waals surface area contributed by atoms with Crippen LogP contribution < -0.4 is 17.0 Å². The molecule has 0 aliphatic heterocycles. The molecule has 0 saturated heterocycles. The van der Waals surface area contributed by atoms with Gasteiger partial charge in [0.1, 0.15) is 6.54 Å². The highest BCUT2D eigenvalue weighted by atomic mass is 79.9. The van der Waals surface area contributed by atoms with Crippen molar-refractivity contribution in [3.8, 4) is 12.3 Å². The molecule has 0 atom stereocenters. The van der Waals surface area contributed by atoms with Crippen LogP contribution in [0.3, 0.4) is 0 Å². The van der Waals surface area contributed by atoms with Crippen molar-refractivity contribution < 1.29 is 21.5 Å². The molecule has 11 heavy (non-hydrogen) atoms. The summed E-state index contributed by atoms with van der Waals surface area (Å²) in [4.78, 5) is 0. The molecule has 2 heteroatoms. The van der Waals surface area contributed by atoms with E-state index >= 15 is 0 Å². The van der Waals surface area contributed by atoms with Crippen LogP contribution in [0.2, 0.25) is 0 Å². The summed E-state index contributed by atoms with van der Waals surface area (Å²) in [5, 5.41) is 0. The fourth-order valence-corrected chi connectivity index (χ4v) is 0.912. The molecule has 0 spiro atoms. The van der Waals surface area contributed by atoms with Gasteiger partial charge in [-0.25, -0.2) is 0 Å². The van der Waals surface area contributed by atoms with Crippen LogP contribution in [-0.2, 0) is 0 Å². The summed E-state index contributed by atoms with van der Waals surface area (Å²) < 4.78 is 0.963. The number of hydrogen-bond donors (Lipinski definition) is 0. The fourth-order valence-electron chi connectivity index (χ4n) is 0.912. The number of halogens is 1. The average Bonchev–Trinajstić information content (AvgIpc) is 1.84. The second kappa shape index (κ2) is 6.69. The Labute approximate surface area is 81.1 Å². The number of unbranched alkanes of at least 4 members (excludes halogenated alkanes) is 1. The predicted molar refractivity (Wildman–Crippen MR) is 45.6 cm³/mol. The van der Waals surface area contributed by atoms with Crippen LogP contribution >= 0.6 is 0 Å². The summed E-state index contributed by atoms with van der Waals surface area (Å²) in [6, 6.07) is 0. The first kappa shape index (κ1) is 13.6. The zero-order chi connectivity index (χ0) is 8.04. The first-order valence-electron chi connectivity index (χ1n) is 3.88. The molecule has 0 aromatic heterocycles. The normalized spacial score (nSPS) is 10.0. The fraction of sp³-hybridized carbons (Fsp3) is 0.778. The van der Waals surface area contributed by atoms with Crippen molar-refractivity contribution in [3.05, 3.63) is 0 Å². The van der Waals surface area contributed by atoms with E-state index in [4.69, 9.17) is 6.42 Å². The van der Waals surface area contributed by atoms with E-state index in [1.807, 2.05) is 0 Å². The third-order valence-corrected chi connectivity index (χ3v) is 1.64. The van der Waals surface area contributed by atoms with Crippen LogP contribution in [0.5, 0.6) is 0 Å². The zero-order valence-corrected chi connectivity index (χ0v) is 9.32. The summed E-state index contributed by atoms with van der Waals surface area (Å²) >= 11 is 0. The maximum absolute atomic E-state index is 5.22. The van der Waals surface area contributed by atoms with Crippen LogP contribution in [0.4, 0.5) is 0 Å². The van der Waals surface area contributed by atoms with Crippen molar-refractivity contribution in [3.63, 3.8) is 0 Å². The highest BCUT2D eigenvalue weighted by Gasteiger charge is 2.10. The summed E-state index contributed by atoms with van der Waals surface area (Å²) in [6.45, 7) is 4.25. The lowest BCUT2D eigenvalue weighted by molar-refractivity contribution is -0.883. The molecule has 0 aromatic carbocycles. The van der Waals surface area contributed by atoms with E-state index in [9.17, 15) is 0 Å².